The predicted molar refractivity (Wildman–Crippen MR) is 78.5 cm³/mol. The van der Waals surface area contributed by atoms with Crippen molar-refractivity contribution in [3.8, 4) is 0 Å². The van der Waals surface area contributed by atoms with Gasteiger partial charge >= 0.3 is 5.97 Å². The van der Waals surface area contributed by atoms with Gasteiger partial charge in [0.25, 0.3) is 0 Å². The molecular weight excluding hydrogens is 256 g/mol. The Morgan fingerprint density at radius 2 is 1.80 bits per heavy atom. The van der Waals surface area contributed by atoms with Gasteiger partial charge in [0.2, 0.25) is 5.91 Å². The van der Waals surface area contributed by atoms with E-state index in [1.165, 1.54) is 4.90 Å². The van der Waals surface area contributed by atoms with Crippen molar-refractivity contribution < 1.29 is 14.7 Å². The fourth-order valence-corrected chi connectivity index (χ4v) is 3.15. The van der Waals surface area contributed by atoms with Crippen LogP contribution in [-0.2, 0) is 9.59 Å². The van der Waals surface area contributed by atoms with E-state index in [2.05, 4.69) is 12.2 Å². The SMILES string of the molecule is CCCC1(C(=O)N(CC)C(C)(C)C(=O)O)CCNCC1. The molecule has 1 aliphatic rings. The molecule has 1 amide bonds. The average molecular weight is 284 g/mol. The van der Waals surface area contributed by atoms with Crippen molar-refractivity contribution in [2.75, 3.05) is 19.6 Å². The van der Waals surface area contributed by atoms with E-state index < -0.39 is 11.5 Å². The Kier molecular flexibility index (Phi) is 5.57. The molecule has 5 nitrogen and oxygen atoms in total. The summed E-state index contributed by atoms with van der Waals surface area (Å²) in [5.41, 5.74) is -1.54. The number of amides is 1. The molecule has 1 heterocycles. The fourth-order valence-electron chi connectivity index (χ4n) is 3.15. The fraction of sp³-hybridized carbons (Fsp3) is 0.867. The predicted octanol–water partition coefficient (Wildman–Crippen LogP) is 1.87. The minimum atomic E-state index is -1.16. The Hall–Kier alpha value is -1.10. The second-order valence-electron chi connectivity index (χ2n) is 6.19. The maximum atomic E-state index is 13.0. The number of carbonyl (C=O) groups excluding carboxylic acids is 1. The molecule has 1 rings (SSSR count). The second-order valence-corrected chi connectivity index (χ2v) is 6.19. The van der Waals surface area contributed by atoms with E-state index in [4.69, 9.17) is 0 Å². The zero-order valence-corrected chi connectivity index (χ0v) is 13.2. The largest absolute Gasteiger partial charge is 0.480 e. The number of carbonyl (C=O) groups is 2. The molecule has 0 aliphatic carbocycles. The minimum absolute atomic E-state index is 0.00995. The molecule has 0 atom stereocenters. The number of aliphatic carboxylic acids is 1. The van der Waals surface area contributed by atoms with Crippen LogP contribution < -0.4 is 5.32 Å². The van der Waals surface area contributed by atoms with Crippen molar-refractivity contribution in [1.82, 2.24) is 10.2 Å². The Bertz CT molecular complexity index is 355. The number of piperidine rings is 1. The first-order chi connectivity index (χ1) is 9.31. The van der Waals surface area contributed by atoms with E-state index in [1.807, 2.05) is 6.92 Å². The van der Waals surface area contributed by atoms with Gasteiger partial charge in [-0.1, -0.05) is 13.3 Å². The summed E-state index contributed by atoms with van der Waals surface area (Å²) in [5.74, 6) is -0.941. The van der Waals surface area contributed by atoms with Crippen molar-refractivity contribution in [3.63, 3.8) is 0 Å². The monoisotopic (exact) mass is 284 g/mol. The lowest BCUT2D eigenvalue weighted by molar-refractivity contribution is -0.163. The van der Waals surface area contributed by atoms with Gasteiger partial charge in [-0.3, -0.25) is 4.79 Å². The molecule has 1 saturated heterocycles. The molecule has 0 saturated carbocycles. The van der Waals surface area contributed by atoms with Crippen molar-refractivity contribution in [3.05, 3.63) is 0 Å². The maximum Gasteiger partial charge on any atom is 0.329 e. The molecule has 20 heavy (non-hydrogen) atoms. The summed E-state index contributed by atoms with van der Waals surface area (Å²) < 4.78 is 0. The molecule has 0 radical (unpaired) electrons. The number of likely N-dealkylation sites (N-methyl/N-ethyl adjacent to an activating group) is 1. The average Bonchev–Trinajstić information content (AvgIpc) is 2.40. The smallest absolute Gasteiger partial charge is 0.329 e. The summed E-state index contributed by atoms with van der Waals surface area (Å²) in [5, 5.41) is 12.7. The molecule has 0 spiro atoms. The van der Waals surface area contributed by atoms with Gasteiger partial charge < -0.3 is 15.3 Å². The summed E-state index contributed by atoms with van der Waals surface area (Å²) in [4.78, 5) is 26.0. The van der Waals surface area contributed by atoms with Gasteiger partial charge in [0.15, 0.2) is 0 Å². The first-order valence-corrected chi connectivity index (χ1v) is 7.58. The van der Waals surface area contributed by atoms with E-state index in [-0.39, 0.29) is 11.3 Å². The van der Waals surface area contributed by atoms with Crippen molar-refractivity contribution in [2.45, 2.75) is 58.9 Å². The highest BCUT2D eigenvalue weighted by Crippen LogP contribution is 2.37. The second kappa shape index (κ2) is 6.57. The first kappa shape index (κ1) is 17.0. The molecule has 5 heteroatoms. The molecule has 0 bridgehead atoms. The number of nitrogens with one attached hydrogen (secondary N) is 1. The van der Waals surface area contributed by atoms with Gasteiger partial charge in [0.05, 0.1) is 5.41 Å². The number of nitrogens with zero attached hydrogens (tertiary/aromatic N) is 1. The zero-order valence-electron chi connectivity index (χ0n) is 13.2. The Morgan fingerprint density at radius 1 is 1.25 bits per heavy atom. The summed E-state index contributed by atoms with van der Waals surface area (Å²) in [7, 11) is 0. The van der Waals surface area contributed by atoms with E-state index >= 15 is 0 Å². The quantitative estimate of drug-likeness (QED) is 0.781. The van der Waals surface area contributed by atoms with Gasteiger partial charge in [0.1, 0.15) is 5.54 Å². The summed E-state index contributed by atoms with van der Waals surface area (Å²) in [6, 6.07) is 0. The van der Waals surface area contributed by atoms with Crippen LogP contribution in [0, 0.1) is 5.41 Å². The Balaban J connectivity index is 3.06. The van der Waals surface area contributed by atoms with Crippen LogP contribution in [0.25, 0.3) is 0 Å². The van der Waals surface area contributed by atoms with Crippen LogP contribution in [0.15, 0.2) is 0 Å². The van der Waals surface area contributed by atoms with Crippen LogP contribution in [0.5, 0.6) is 0 Å². The zero-order chi connectivity index (χ0) is 15.4. The third-order valence-corrected chi connectivity index (χ3v) is 4.50. The number of rotatable bonds is 6. The highest BCUT2D eigenvalue weighted by atomic mass is 16.4. The molecule has 1 fully saturated rings. The number of carboxylic acids is 1. The Morgan fingerprint density at radius 3 is 2.20 bits per heavy atom. The van der Waals surface area contributed by atoms with Crippen LogP contribution in [0.1, 0.15) is 53.4 Å². The number of hydrogen-bond acceptors (Lipinski definition) is 3. The highest BCUT2D eigenvalue weighted by Gasteiger charge is 2.46. The van der Waals surface area contributed by atoms with Gasteiger partial charge in [0, 0.05) is 6.54 Å². The lowest BCUT2D eigenvalue weighted by atomic mass is 9.73. The molecule has 0 aromatic carbocycles. The molecule has 0 aromatic rings. The Labute approximate surface area is 121 Å². The molecule has 116 valence electrons. The van der Waals surface area contributed by atoms with Gasteiger partial charge in [-0.15, -0.1) is 0 Å². The van der Waals surface area contributed by atoms with Crippen molar-refractivity contribution in [2.24, 2.45) is 5.41 Å². The molecule has 2 N–H and O–H groups in total. The van der Waals surface area contributed by atoms with E-state index in [0.717, 1.165) is 38.8 Å². The summed E-state index contributed by atoms with van der Waals surface area (Å²) in [6.07, 6.45) is 3.37. The van der Waals surface area contributed by atoms with Crippen LogP contribution in [-0.4, -0.2) is 47.1 Å². The molecule has 0 unspecified atom stereocenters. The van der Waals surface area contributed by atoms with E-state index in [0.29, 0.717) is 6.54 Å². The third-order valence-electron chi connectivity index (χ3n) is 4.50. The third kappa shape index (κ3) is 3.14. The van der Waals surface area contributed by atoms with E-state index in [9.17, 15) is 14.7 Å². The standard InChI is InChI=1S/C15H28N2O3/c1-5-7-15(8-10-16-11-9-15)12(18)17(6-2)14(3,4)13(19)20/h16H,5-11H2,1-4H3,(H,19,20). The van der Waals surface area contributed by atoms with Crippen LogP contribution in [0.4, 0.5) is 0 Å². The van der Waals surface area contributed by atoms with Gasteiger partial charge in [-0.05, 0) is 53.1 Å². The molecule has 0 aromatic heterocycles. The van der Waals surface area contributed by atoms with Crippen molar-refractivity contribution in [1.29, 1.82) is 0 Å². The van der Waals surface area contributed by atoms with E-state index in [1.54, 1.807) is 13.8 Å². The number of carboxylic acid groups (broad SMARTS) is 1. The summed E-state index contributed by atoms with van der Waals surface area (Å²) in [6.45, 7) is 9.23. The van der Waals surface area contributed by atoms with Crippen molar-refractivity contribution >= 4 is 11.9 Å². The van der Waals surface area contributed by atoms with Crippen LogP contribution in [0.2, 0.25) is 0 Å². The summed E-state index contributed by atoms with van der Waals surface area (Å²) >= 11 is 0. The molecule has 1 aliphatic heterocycles. The topological polar surface area (TPSA) is 69.6 Å². The maximum absolute atomic E-state index is 13.0. The van der Waals surface area contributed by atoms with Crippen LogP contribution in [0.3, 0.4) is 0 Å². The lowest BCUT2D eigenvalue weighted by Gasteiger charge is -2.44. The van der Waals surface area contributed by atoms with Crippen LogP contribution >= 0.6 is 0 Å². The minimum Gasteiger partial charge on any atom is -0.480 e. The van der Waals surface area contributed by atoms with Gasteiger partial charge in [-0.2, -0.15) is 0 Å². The number of hydrogen-bond donors (Lipinski definition) is 2. The lowest BCUT2D eigenvalue weighted by Crippen LogP contribution is -2.58. The normalized spacial score (nSPS) is 18.6. The first-order valence-electron chi connectivity index (χ1n) is 7.58. The van der Waals surface area contributed by atoms with Gasteiger partial charge in [-0.25, -0.2) is 4.79 Å². The molecular formula is C15H28N2O3. The highest BCUT2D eigenvalue weighted by molar-refractivity contribution is 5.89.